The Morgan fingerprint density at radius 3 is 2.71 bits per heavy atom. The minimum atomic E-state index is -1.19. The van der Waals surface area contributed by atoms with Crippen LogP contribution < -0.4 is 0 Å². The van der Waals surface area contributed by atoms with E-state index in [1.54, 1.807) is 6.07 Å². The number of aromatic amines is 1. The van der Waals surface area contributed by atoms with E-state index in [4.69, 9.17) is 5.11 Å². The zero-order chi connectivity index (χ0) is 12.4. The number of carboxylic acid groups (broad SMARTS) is 1. The third kappa shape index (κ3) is 1.98. The molecule has 0 saturated carbocycles. The second-order valence-electron chi connectivity index (χ2n) is 3.25. The fourth-order valence-electron chi connectivity index (χ4n) is 1.43. The van der Waals surface area contributed by atoms with Crippen molar-refractivity contribution in [3.8, 4) is 11.3 Å². The summed E-state index contributed by atoms with van der Waals surface area (Å²) in [5.74, 6) is -1.19. The van der Waals surface area contributed by atoms with Gasteiger partial charge in [0, 0.05) is 6.07 Å². The van der Waals surface area contributed by atoms with Crippen molar-refractivity contribution in [3.63, 3.8) is 0 Å². The molecule has 0 amide bonds. The Balaban J connectivity index is 2.52. The Bertz CT molecular complexity index is 591. The Morgan fingerprint density at radius 2 is 2.12 bits per heavy atom. The number of rotatable bonds is 3. The summed E-state index contributed by atoms with van der Waals surface area (Å²) in [6.07, 6.45) is 0. The number of H-pyrrole nitrogens is 1. The van der Waals surface area contributed by atoms with Crippen molar-refractivity contribution in [2.45, 2.75) is 0 Å². The molecule has 1 aromatic carbocycles. The molecule has 1 aromatic heterocycles. The van der Waals surface area contributed by atoms with Crippen LogP contribution >= 0.6 is 0 Å². The fraction of sp³-hybridized carbons (Fsp3) is 0. The van der Waals surface area contributed by atoms with Gasteiger partial charge in [0.05, 0.1) is 16.2 Å². The van der Waals surface area contributed by atoms with Crippen molar-refractivity contribution in [3.05, 3.63) is 46.1 Å². The van der Waals surface area contributed by atoms with Gasteiger partial charge in [0.15, 0.2) is 5.69 Å². The Hall–Kier alpha value is -2.70. The Kier molecular flexibility index (Phi) is 2.57. The highest BCUT2D eigenvalue weighted by Crippen LogP contribution is 2.28. The number of para-hydroxylation sites is 1. The maximum Gasteiger partial charge on any atom is 0.356 e. The average molecular weight is 233 g/mol. The fourth-order valence-corrected chi connectivity index (χ4v) is 1.43. The lowest BCUT2D eigenvalue weighted by Gasteiger charge is -1.98. The van der Waals surface area contributed by atoms with E-state index in [1.165, 1.54) is 24.3 Å². The van der Waals surface area contributed by atoms with Crippen molar-refractivity contribution in [1.82, 2.24) is 10.2 Å². The SMILES string of the molecule is O=C(O)c1cc(-c2ccccc2[N+](=O)[O-])[nH]n1. The molecule has 0 bridgehead atoms. The summed E-state index contributed by atoms with van der Waals surface area (Å²) in [5, 5.41) is 25.5. The predicted octanol–water partition coefficient (Wildman–Crippen LogP) is 1.68. The molecule has 7 nitrogen and oxygen atoms in total. The van der Waals surface area contributed by atoms with Crippen LogP contribution in [0.5, 0.6) is 0 Å². The first-order valence-electron chi connectivity index (χ1n) is 4.62. The van der Waals surface area contributed by atoms with Gasteiger partial charge < -0.3 is 5.11 Å². The van der Waals surface area contributed by atoms with Crippen LogP contribution in [0.1, 0.15) is 10.5 Å². The van der Waals surface area contributed by atoms with E-state index in [0.29, 0.717) is 11.3 Å². The van der Waals surface area contributed by atoms with Crippen LogP contribution in [0.25, 0.3) is 11.3 Å². The van der Waals surface area contributed by atoms with E-state index in [0.717, 1.165) is 0 Å². The second-order valence-corrected chi connectivity index (χ2v) is 3.25. The van der Waals surface area contributed by atoms with Crippen LogP contribution in [-0.2, 0) is 0 Å². The molecule has 1 heterocycles. The topological polar surface area (TPSA) is 109 Å². The average Bonchev–Trinajstić information content (AvgIpc) is 2.78. The summed E-state index contributed by atoms with van der Waals surface area (Å²) in [5.41, 5.74) is 0.318. The summed E-state index contributed by atoms with van der Waals surface area (Å²) in [4.78, 5) is 20.9. The molecule has 7 heteroatoms. The lowest BCUT2D eigenvalue weighted by atomic mass is 10.1. The number of hydrogen-bond donors (Lipinski definition) is 2. The molecule has 2 N–H and O–H groups in total. The summed E-state index contributed by atoms with van der Waals surface area (Å²) >= 11 is 0. The molecular weight excluding hydrogens is 226 g/mol. The zero-order valence-corrected chi connectivity index (χ0v) is 8.45. The van der Waals surface area contributed by atoms with Gasteiger partial charge in [-0.05, 0) is 12.1 Å². The van der Waals surface area contributed by atoms with Crippen LogP contribution in [0.2, 0.25) is 0 Å². The molecule has 0 fully saturated rings. The normalized spacial score (nSPS) is 10.1. The van der Waals surface area contributed by atoms with Gasteiger partial charge in [-0.1, -0.05) is 12.1 Å². The lowest BCUT2D eigenvalue weighted by Crippen LogP contribution is -1.95. The summed E-state index contributed by atoms with van der Waals surface area (Å²) in [6, 6.07) is 7.29. The molecule has 17 heavy (non-hydrogen) atoms. The number of carbonyl (C=O) groups is 1. The maximum atomic E-state index is 10.8. The molecule has 2 rings (SSSR count). The maximum absolute atomic E-state index is 10.8. The van der Waals surface area contributed by atoms with E-state index in [9.17, 15) is 14.9 Å². The molecular formula is C10H7N3O4. The Morgan fingerprint density at radius 1 is 1.41 bits per heavy atom. The molecule has 0 aliphatic heterocycles. The van der Waals surface area contributed by atoms with E-state index in [2.05, 4.69) is 10.2 Å². The monoisotopic (exact) mass is 233 g/mol. The molecule has 0 spiro atoms. The van der Waals surface area contributed by atoms with Crippen LogP contribution in [0.4, 0.5) is 5.69 Å². The smallest absolute Gasteiger partial charge is 0.356 e. The Labute approximate surface area is 94.9 Å². The highest BCUT2D eigenvalue weighted by molar-refractivity contribution is 5.87. The van der Waals surface area contributed by atoms with Crippen molar-refractivity contribution < 1.29 is 14.8 Å². The minimum Gasteiger partial charge on any atom is -0.476 e. The van der Waals surface area contributed by atoms with Crippen molar-refractivity contribution in [1.29, 1.82) is 0 Å². The van der Waals surface area contributed by atoms with Crippen LogP contribution in [0.3, 0.4) is 0 Å². The highest BCUT2D eigenvalue weighted by atomic mass is 16.6. The van der Waals surface area contributed by atoms with E-state index >= 15 is 0 Å². The number of carboxylic acids is 1. The van der Waals surface area contributed by atoms with Crippen LogP contribution in [0.15, 0.2) is 30.3 Å². The number of aromatic carboxylic acids is 1. The number of hydrogen-bond acceptors (Lipinski definition) is 4. The largest absolute Gasteiger partial charge is 0.476 e. The van der Waals surface area contributed by atoms with E-state index in [1.807, 2.05) is 0 Å². The lowest BCUT2D eigenvalue weighted by molar-refractivity contribution is -0.384. The number of benzene rings is 1. The zero-order valence-electron chi connectivity index (χ0n) is 8.45. The van der Waals surface area contributed by atoms with Gasteiger partial charge in [-0.25, -0.2) is 4.79 Å². The molecule has 2 aromatic rings. The van der Waals surface area contributed by atoms with Crippen molar-refractivity contribution in [2.75, 3.05) is 0 Å². The first-order valence-corrected chi connectivity index (χ1v) is 4.62. The quantitative estimate of drug-likeness (QED) is 0.619. The van der Waals surface area contributed by atoms with Gasteiger partial charge >= 0.3 is 5.97 Å². The minimum absolute atomic E-state index is 0.104. The van der Waals surface area contributed by atoms with E-state index in [-0.39, 0.29) is 11.4 Å². The molecule has 0 atom stereocenters. The summed E-state index contributed by atoms with van der Waals surface area (Å²) in [6.45, 7) is 0. The highest BCUT2D eigenvalue weighted by Gasteiger charge is 2.17. The standard InChI is InChI=1S/C10H7N3O4/c14-10(15)8-5-7(11-12-8)6-3-1-2-4-9(6)13(16)17/h1-5H,(H,11,12)(H,14,15). The van der Waals surface area contributed by atoms with Crippen LogP contribution in [0, 0.1) is 10.1 Å². The number of nitrogens with one attached hydrogen (secondary N) is 1. The van der Waals surface area contributed by atoms with Gasteiger partial charge in [-0.3, -0.25) is 15.2 Å². The molecule has 0 unspecified atom stereocenters. The third-order valence-electron chi connectivity index (χ3n) is 2.19. The first kappa shape index (κ1) is 10.8. The number of aromatic nitrogens is 2. The van der Waals surface area contributed by atoms with Gasteiger partial charge in [-0.2, -0.15) is 5.10 Å². The van der Waals surface area contributed by atoms with Gasteiger partial charge in [0.1, 0.15) is 0 Å². The van der Waals surface area contributed by atoms with Gasteiger partial charge in [0.2, 0.25) is 0 Å². The van der Waals surface area contributed by atoms with E-state index < -0.39 is 10.9 Å². The third-order valence-corrected chi connectivity index (χ3v) is 2.19. The number of nitrogens with zero attached hydrogens (tertiary/aromatic N) is 2. The van der Waals surface area contributed by atoms with Crippen molar-refractivity contribution in [2.24, 2.45) is 0 Å². The van der Waals surface area contributed by atoms with Crippen molar-refractivity contribution >= 4 is 11.7 Å². The van der Waals surface area contributed by atoms with Gasteiger partial charge in [-0.15, -0.1) is 0 Å². The predicted molar refractivity (Wildman–Crippen MR) is 57.6 cm³/mol. The molecule has 0 saturated heterocycles. The molecule has 0 aliphatic rings. The molecule has 0 radical (unpaired) electrons. The number of nitro groups is 1. The molecule has 86 valence electrons. The molecule has 0 aliphatic carbocycles. The summed E-state index contributed by atoms with van der Waals surface area (Å²) in [7, 11) is 0. The number of nitro benzene ring substituents is 1. The summed E-state index contributed by atoms with van der Waals surface area (Å²) < 4.78 is 0. The van der Waals surface area contributed by atoms with Crippen LogP contribution in [-0.4, -0.2) is 26.2 Å². The second kappa shape index (κ2) is 4.05. The van der Waals surface area contributed by atoms with Gasteiger partial charge in [0.25, 0.3) is 5.69 Å². The first-order chi connectivity index (χ1) is 8.09.